The number of carbonyl (C=O) groups excluding carboxylic acids is 2. The highest BCUT2D eigenvalue weighted by Crippen LogP contribution is 2.20. The molecule has 13 heavy (non-hydrogen) atoms. The highest BCUT2D eigenvalue weighted by Gasteiger charge is 2.06. The van der Waals surface area contributed by atoms with Crippen LogP contribution in [0, 0.1) is 0 Å². The van der Waals surface area contributed by atoms with E-state index in [0.717, 1.165) is 0 Å². The Bertz CT molecular complexity index is 330. The van der Waals surface area contributed by atoms with E-state index in [2.05, 4.69) is 5.32 Å². The molecule has 0 spiro atoms. The van der Waals surface area contributed by atoms with Crippen LogP contribution < -0.4 is 5.32 Å². The van der Waals surface area contributed by atoms with Gasteiger partial charge < -0.3 is 5.32 Å². The third kappa shape index (κ3) is 2.66. The molecule has 0 aliphatic heterocycles. The van der Waals surface area contributed by atoms with Crippen molar-refractivity contribution in [1.29, 1.82) is 0 Å². The number of nitrogens with one attached hydrogen (secondary N) is 1. The van der Waals surface area contributed by atoms with E-state index in [0.29, 0.717) is 17.0 Å². The molecule has 0 aliphatic carbocycles. The van der Waals surface area contributed by atoms with Crippen molar-refractivity contribution < 1.29 is 9.59 Å². The molecule has 0 atom stereocenters. The van der Waals surface area contributed by atoms with Crippen LogP contribution in [0.25, 0.3) is 0 Å². The first-order valence-electron chi connectivity index (χ1n) is 4.02. The summed E-state index contributed by atoms with van der Waals surface area (Å²) >= 11 is 1.36. The van der Waals surface area contributed by atoms with Crippen molar-refractivity contribution in [3.8, 4) is 0 Å². The van der Waals surface area contributed by atoms with Crippen LogP contribution in [0.1, 0.15) is 29.9 Å². The Balaban J connectivity index is 2.74. The fraction of sp³-hybridized carbons (Fsp3) is 0.333. The third-order valence-electron chi connectivity index (χ3n) is 1.52. The second-order valence-electron chi connectivity index (χ2n) is 2.66. The predicted octanol–water partition coefficient (Wildman–Crippen LogP) is 2.30. The van der Waals surface area contributed by atoms with E-state index >= 15 is 0 Å². The molecule has 1 N–H and O–H groups in total. The summed E-state index contributed by atoms with van der Waals surface area (Å²) in [7, 11) is 0. The summed E-state index contributed by atoms with van der Waals surface area (Å²) < 4.78 is 0. The van der Waals surface area contributed by atoms with Gasteiger partial charge in [0.25, 0.3) is 0 Å². The molecule has 0 saturated carbocycles. The van der Waals surface area contributed by atoms with Crippen molar-refractivity contribution in [3.63, 3.8) is 0 Å². The number of thiophene rings is 1. The Morgan fingerprint density at radius 3 is 2.77 bits per heavy atom. The number of Topliss-reactive ketones (excluding diaryl/α,β-unsaturated/α-hetero) is 1. The molecule has 0 fully saturated rings. The van der Waals surface area contributed by atoms with Crippen LogP contribution in [0.3, 0.4) is 0 Å². The number of anilines is 1. The lowest BCUT2D eigenvalue weighted by Crippen LogP contribution is -2.04. The molecule has 70 valence electrons. The SMILES string of the molecule is CCC(=O)c1cc(NC(C)=O)cs1. The van der Waals surface area contributed by atoms with Crippen LogP contribution in [0.2, 0.25) is 0 Å². The van der Waals surface area contributed by atoms with Gasteiger partial charge in [-0.3, -0.25) is 9.59 Å². The van der Waals surface area contributed by atoms with E-state index in [9.17, 15) is 9.59 Å². The lowest BCUT2D eigenvalue weighted by Gasteiger charge is -1.94. The molecule has 0 unspecified atom stereocenters. The van der Waals surface area contributed by atoms with E-state index < -0.39 is 0 Å². The molecule has 0 saturated heterocycles. The number of rotatable bonds is 3. The van der Waals surface area contributed by atoms with Gasteiger partial charge in [0.15, 0.2) is 5.78 Å². The molecule has 0 bridgehead atoms. The number of carbonyl (C=O) groups is 2. The lowest BCUT2D eigenvalue weighted by molar-refractivity contribution is -0.114. The number of hydrogen-bond donors (Lipinski definition) is 1. The minimum Gasteiger partial charge on any atom is -0.326 e. The van der Waals surface area contributed by atoms with Gasteiger partial charge in [0, 0.05) is 18.7 Å². The van der Waals surface area contributed by atoms with Gasteiger partial charge in [0.1, 0.15) is 0 Å². The molecular weight excluding hydrogens is 186 g/mol. The normalized spacial score (nSPS) is 9.69. The Hall–Kier alpha value is -1.16. The molecule has 1 rings (SSSR count). The smallest absolute Gasteiger partial charge is 0.221 e. The van der Waals surface area contributed by atoms with Gasteiger partial charge in [-0.1, -0.05) is 6.92 Å². The molecule has 4 heteroatoms. The second-order valence-corrected chi connectivity index (χ2v) is 3.57. The Morgan fingerprint density at radius 1 is 1.54 bits per heavy atom. The number of hydrogen-bond acceptors (Lipinski definition) is 3. The van der Waals surface area contributed by atoms with Crippen molar-refractivity contribution in [2.45, 2.75) is 20.3 Å². The maximum absolute atomic E-state index is 11.2. The summed E-state index contributed by atoms with van der Waals surface area (Å²) in [6, 6.07) is 1.71. The molecule has 1 aromatic rings. The number of ketones is 1. The van der Waals surface area contributed by atoms with Gasteiger partial charge in [0.2, 0.25) is 5.91 Å². The van der Waals surface area contributed by atoms with Crippen LogP contribution in [-0.2, 0) is 4.79 Å². The van der Waals surface area contributed by atoms with Gasteiger partial charge in [-0.2, -0.15) is 0 Å². The van der Waals surface area contributed by atoms with Gasteiger partial charge in [-0.15, -0.1) is 11.3 Å². The molecule has 1 amide bonds. The van der Waals surface area contributed by atoms with Crippen molar-refractivity contribution in [2.75, 3.05) is 5.32 Å². The minimum atomic E-state index is -0.117. The molecule has 1 aromatic heterocycles. The first kappa shape index (κ1) is 9.92. The monoisotopic (exact) mass is 197 g/mol. The zero-order valence-electron chi connectivity index (χ0n) is 7.59. The lowest BCUT2D eigenvalue weighted by atomic mass is 10.2. The van der Waals surface area contributed by atoms with Crippen LogP contribution in [0.15, 0.2) is 11.4 Å². The summed E-state index contributed by atoms with van der Waals surface area (Å²) in [4.78, 5) is 22.6. The Labute approximate surface area is 80.8 Å². The van der Waals surface area contributed by atoms with Crippen LogP contribution in [0.5, 0.6) is 0 Å². The largest absolute Gasteiger partial charge is 0.326 e. The average Bonchev–Trinajstić information content (AvgIpc) is 2.50. The van der Waals surface area contributed by atoms with Gasteiger partial charge >= 0.3 is 0 Å². The average molecular weight is 197 g/mol. The third-order valence-corrected chi connectivity index (χ3v) is 2.49. The molecular formula is C9H11NO2S. The predicted molar refractivity (Wildman–Crippen MR) is 53.2 cm³/mol. The quantitative estimate of drug-likeness (QED) is 0.756. The van der Waals surface area contributed by atoms with Crippen molar-refractivity contribution in [3.05, 3.63) is 16.3 Å². The summed E-state index contributed by atoms with van der Waals surface area (Å²) in [6.07, 6.45) is 0.500. The zero-order valence-corrected chi connectivity index (χ0v) is 8.40. The topological polar surface area (TPSA) is 46.2 Å². The summed E-state index contributed by atoms with van der Waals surface area (Å²) in [5.74, 6) is -0.00472. The highest BCUT2D eigenvalue weighted by molar-refractivity contribution is 7.12. The first-order chi connectivity index (χ1) is 6.13. The van der Waals surface area contributed by atoms with E-state index in [1.807, 2.05) is 6.92 Å². The van der Waals surface area contributed by atoms with Crippen LogP contribution in [0.4, 0.5) is 5.69 Å². The van der Waals surface area contributed by atoms with Crippen LogP contribution >= 0.6 is 11.3 Å². The molecule has 3 nitrogen and oxygen atoms in total. The van der Waals surface area contributed by atoms with Crippen molar-refractivity contribution >= 4 is 28.7 Å². The molecule has 0 aliphatic rings. The zero-order chi connectivity index (χ0) is 9.84. The second kappa shape index (κ2) is 4.18. The van der Waals surface area contributed by atoms with E-state index in [-0.39, 0.29) is 11.7 Å². The highest BCUT2D eigenvalue weighted by atomic mass is 32.1. The molecule has 0 radical (unpaired) electrons. The van der Waals surface area contributed by atoms with Gasteiger partial charge in [0.05, 0.1) is 10.6 Å². The van der Waals surface area contributed by atoms with Crippen molar-refractivity contribution in [2.24, 2.45) is 0 Å². The summed E-state index contributed by atoms with van der Waals surface area (Å²) in [6.45, 7) is 3.26. The van der Waals surface area contributed by atoms with Crippen molar-refractivity contribution in [1.82, 2.24) is 0 Å². The number of amides is 1. The Kier molecular flexibility index (Phi) is 3.19. The molecule has 1 heterocycles. The Morgan fingerprint density at radius 2 is 2.23 bits per heavy atom. The molecule has 0 aromatic carbocycles. The fourth-order valence-corrected chi connectivity index (χ4v) is 1.78. The maximum atomic E-state index is 11.2. The minimum absolute atomic E-state index is 0.113. The van der Waals surface area contributed by atoms with E-state index in [1.165, 1.54) is 18.3 Å². The van der Waals surface area contributed by atoms with E-state index in [1.54, 1.807) is 11.4 Å². The summed E-state index contributed by atoms with van der Waals surface area (Å²) in [5, 5.41) is 4.39. The first-order valence-corrected chi connectivity index (χ1v) is 4.90. The van der Waals surface area contributed by atoms with Gasteiger partial charge in [-0.25, -0.2) is 0 Å². The van der Waals surface area contributed by atoms with Gasteiger partial charge in [-0.05, 0) is 6.07 Å². The standard InChI is InChI=1S/C9H11NO2S/c1-3-8(12)9-4-7(5-13-9)10-6(2)11/h4-5H,3H2,1-2H3,(H,10,11). The van der Waals surface area contributed by atoms with E-state index in [4.69, 9.17) is 0 Å². The summed E-state index contributed by atoms with van der Waals surface area (Å²) in [5.41, 5.74) is 0.703. The maximum Gasteiger partial charge on any atom is 0.221 e. The van der Waals surface area contributed by atoms with Crippen LogP contribution in [-0.4, -0.2) is 11.7 Å². The fourth-order valence-electron chi connectivity index (χ4n) is 0.926.